The smallest absolute Gasteiger partial charge is 0.0945 e. The first-order chi connectivity index (χ1) is 7.95. The molecular weight excluding hydrogens is 202 g/mol. The SMILES string of the molecule is c1cn(CCCOCC2CCCNC2)cn1. The Kier molecular flexibility index (Phi) is 4.83. The number of imidazole rings is 1. The molecule has 0 aromatic carbocycles. The molecule has 0 spiro atoms. The van der Waals surface area contributed by atoms with Gasteiger partial charge in [-0.2, -0.15) is 0 Å². The number of hydrogen-bond donors (Lipinski definition) is 1. The lowest BCUT2D eigenvalue weighted by atomic mass is 10.0. The van der Waals surface area contributed by atoms with Crippen LogP contribution in [0.2, 0.25) is 0 Å². The van der Waals surface area contributed by atoms with Crippen LogP contribution in [-0.2, 0) is 11.3 Å². The van der Waals surface area contributed by atoms with Crippen molar-refractivity contribution in [3.8, 4) is 0 Å². The van der Waals surface area contributed by atoms with Gasteiger partial charge in [-0.25, -0.2) is 4.98 Å². The van der Waals surface area contributed by atoms with Gasteiger partial charge >= 0.3 is 0 Å². The maximum Gasteiger partial charge on any atom is 0.0945 e. The molecule has 1 saturated heterocycles. The lowest BCUT2D eigenvalue weighted by molar-refractivity contribution is 0.0861. The Morgan fingerprint density at radius 1 is 1.50 bits per heavy atom. The Morgan fingerprint density at radius 2 is 2.50 bits per heavy atom. The molecule has 1 aliphatic heterocycles. The van der Waals surface area contributed by atoms with Crippen LogP contribution in [0.3, 0.4) is 0 Å². The molecule has 1 N–H and O–H groups in total. The predicted molar refractivity (Wildman–Crippen MR) is 63.3 cm³/mol. The highest BCUT2D eigenvalue weighted by Gasteiger charge is 2.12. The number of nitrogens with zero attached hydrogens (tertiary/aromatic N) is 2. The number of piperidine rings is 1. The van der Waals surface area contributed by atoms with Crippen LogP contribution in [0, 0.1) is 5.92 Å². The summed E-state index contributed by atoms with van der Waals surface area (Å²) in [6, 6.07) is 0. The van der Waals surface area contributed by atoms with Crippen molar-refractivity contribution in [1.82, 2.24) is 14.9 Å². The zero-order chi connectivity index (χ0) is 11.1. The van der Waals surface area contributed by atoms with E-state index in [1.807, 2.05) is 18.7 Å². The summed E-state index contributed by atoms with van der Waals surface area (Å²) < 4.78 is 7.79. The number of rotatable bonds is 6. The Hall–Kier alpha value is -0.870. The van der Waals surface area contributed by atoms with Gasteiger partial charge < -0.3 is 14.6 Å². The van der Waals surface area contributed by atoms with Gasteiger partial charge in [0.25, 0.3) is 0 Å². The zero-order valence-electron chi connectivity index (χ0n) is 9.77. The Balaban J connectivity index is 1.48. The van der Waals surface area contributed by atoms with E-state index in [0.717, 1.165) is 38.6 Å². The number of hydrogen-bond acceptors (Lipinski definition) is 3. The molecular formula is C12H21N3O. The van der Waals surface area contributed by atoms with Gasteiger partial charge in [0, 0.05) is 32.1 Å². The molecule has 4 heteroatoms. The number of ether oxygens (including phenoxy) is 1. The van der Waals surface area contributed by atoms with Crippen molar-refractivity contribution in [1.29, 1.82) is 0 Å². The van der Waals surface area contributed by atoms with Gasteiger partial charge in [-0.1, -0.05) is 0 Å². The van der Waals surface area contributed by atoms with E-state index in [1.54, 1.807) is 0 Å². The summed E-state index contributed by atoms with van der Waals surface area (Å²) in [5, 5.41) is 3.41. The molecule has 1 fully saturated rings. The van der Waals surface area contributed by atoms with Gasteiger partial charge in [-0.3, -0.25) is 0 Å². The highest BCUT2D eigenvalue weighted by molar-refractivity contribution is 4.73. The van der Waals surface area contributed by atoms with Crippen LogP contribution in [0.4, 0.5) is 0 Å². The van der Waals surface area contributed by atoms with Gasteiger partial charge in [0.1, 0.15) is 0 Å². The highest BCUT2D eigenvalue weighted by atomic mass is 16.5. The van der Waals surface area contributed by atoms with Gasteiger partial charge in [-0.05, 0) is 31.7 Å². The second kappa shape index (κ2) is 6.66. The highest BCUT2D eigenvalue weighted by Crippen LogP contribution is 2.09. The largest absolute Gasteiger partial charge is 0.381 e. The van der Waals surface area contributed by atoms with Gasteiger partial charge in [-0.15, -0.1) is 0 Å². The summed E-state index contributed by atoms with van der Waals surface area (Å²) in [6.07, 6.45) is 9.33. The van der Waals surface area contributed by atoms with Crippen LogP contribution < -0.4 is 5.32 Å². The molecule has 1 aromatic rings. The number of nitrogens with one attached hydrogen (secondary N) is 1. The van der Waals surface area contributed by atoms with E-state index < -0.39 is 0 Å². The second-order valence-electron chi connectivity index (χ2n) is 4.44. The Labute approximate surface area is 97.0 Å². The first kappa shape index (κ1) is 11.6. The third-order valence-electron chi connectivity index (χ3n) is 3.02. The molecule has 2 rings (SSSR count). The lowest BCUT2D eigenvalue weighted by Crippen LogP contribution is -2.32. The average Bonchev–Trinajstić information content (AvgIpc) is 2.83. The van der Waals surface area contributed by atoms with Crippen molar-refractivity contribution in [3.63, 3.8) is 0 Å². The number of aromatic nitrogens is 2. The van der Waals surface area contributed by atoms with E-state index >= 15 is 0 Å². The van der Waals surface area contributed by atoms with Gasteiger partial charge in [0.2, 0.25) is 0 Å². The summed E-state index contributed by atoms with van der Waals surface area (Å²) in [4.78, 5) is 4.01. The summed E-state index contributed by atoms with van der Waals surface area (Å²) in [5.74, 6) is 0.724. The van der Waals surface area contributed by atoms with E-state index in [4.69, 9.17) is 4.74 Å². The first-order valence-corrected chi connectivity index (χ1v) is 6.19. The fraction of sp³-hybridized carbons (Fsp3) is 0.750. The van der Waals surface area contributed by atoms with Crippen molar-refractivity contribution < 1.29 is 4.74 Å². The van der Waals surface area contributed by atoms with Crippen molar-refractivity contribution in [2.45, 2.75) is 25.8 Å². The van der Waals surface area contributed by atoms with Crippen molar-refractivity contribution in [3.05, 3.63) is 18.7 Å². The normalized spacial score (nSPS) is 21.1. The average molecular weight is 223 g/mol. The molecule has 1 aromatic heterocycles. The molecule has 0 aliphatic carbocycles. The third kappa shape index (κ3) is 3.94. The minimum Gasteiger partial charge on any atom is -0.381 e. The summed E-state index contributed by atoms with van der Waals surface area (Å²) in [6.45, 7) is 5.08. The van der Waals surface area contributed by atoms with E-state index in [9.17, 15) is 0 Å². The number of aryl methyl sites for hydroxylation is 1. The van der Waals surface area contributed by atoms with Crippen molar-refractivity contribution in [2.75, 3.05) is 26.3 Å². The minimum atomic E-state index is 0.724. The molecule has 16 heavy (non-hydrogen) atoms. The lowest BCUT2D eigenvalue weighted by Gasteiger charge is -2.22. The summed E-state index contributed by atoms with van der Waals surface area (Å²) >= 11 is 0. The van der Waals surface area contributed by atoms with Crippen LogP contribution in [0.15, 0.2) is 18.7 Å². The van der Waals surface area contributed by atoms with E-state index in [0.29, 0.717) is 0 Å². The van der Waals surface area contributed by atoms with Gasteiger partial charge in [0.05, 0.1) is 12.9 Å². The van der Waals surface area contributed by atoms with Crippen LogP contribution >= 0.6 is 0 Å². The standard InChI is InChI=1S/C12H21N3O/c1-3-12(9-13-4-1)10-16-8-2-6-15-7-5-14-11-15/h5,7,11-13H,1-4,6,8-10H2. The molecule has 4 nitrogen and oxygen atoms in total. The topological polar surface area (TPSA) is 39.1 Å². The molecule has 0 saturated carbocycles. The minimum absolute atomic E-state index is 0.724. The maximum absolute atomic E-state index is 5.70. The van der Waals surface area contributed by atoms with E-state index in [-0.39, 0.29) is 0 Å². The van der Waals surface area contributed by atoms with Crippen LogP contribution in [0.5, 0.6) is 0 Å². The molecule has 1 atom stereocenters. The van der Waals surface area contributed by atoms with Crippen LogP contribution in [0.1, 0.15) is 19.3 Å². The third-order valence-corrected chi connectivity index (χ3v) is 3.02. The first-order valence-electron chi connectivity index (χ1n) is 6.19. The van der Waals surface area contributed by atoms with E-state index in [1.165, 1.54) is 19.4 Å². The molecule has 0 amide bonds. The van der Waals surface area contributed by atoms with E-state index in [2.05, 4.69) is 14.9 Å². The van der Waals surface area contributed by atoms with Crippen molar-refractivity contribution in [2.24, 2.45) is 5.92 Å². The second-order valence-corrected chi connectivity index (χ2v) is 4.44. The quantitative estimate of drug-likeness (QED) is 0.739. The molecule has 0 radical (unpaired) electrons. The predicted octanol–water partition coefficient (Wildman–Crippen LogP) is 1.29. The molecule has 0 bridgehead atoms. The van der Waals surface area contributed by atoms with Crippen molar-refractivity contribution >= 4 is 0 Å². The fourth-order valence-corrected chi connectivity index (χ4v) is 2.08. The Morgan fingerprint density at radius 3 is 3.25 bits per heavy atom. The van der Waals surface area contributed by atoms with Crippen LogP contribution in [-0.4, -0.2) is 35.9 Å². The molecule has 90 valence electrons. The monoisotopic (exact) mass is 223 g/mol. The summed E-state index contributed by atoms with van der Waals surface area (Å²) in [7, 11) is 0. The summed E-state index contributed by atoms with van der Waals surface area (Å²) in [5.41, 5.74) is 0. The molecule has 1 aliphatic rings. The van der Waals surface area contributed by atoms with Gasteiger partial charge in [0.15, 0.2) is 0 Å². The van der Waals surface area contributed by atoms with Crippen LogP contribution in [0.25, 0.3) is 0 Å². The Bertz CT molecular complexity index is 268. The molecule has 2 heterocycles. The molecule has 1 unspecified atom stereocenters. The maximum atomic E-state index is 5.70. The fourth-order valence-electron chi connectivity index (χ4n) is 2.08. The zero-order valence-corrected chi connectivity index (χ0v) is 9.77.